The molecule has 0 amide bonds. The Morgan fingerprint density at radius 3 is 2.56 bits per heavy atom. The first-order valence-electron chi connectivity index (χ1n) is 19.0. The van der Waals surface area contributed by atoms with Crippen LogP contribution in [0.1, 0.15) is 91.4 Å². The summed E-state index contributed by atoms with van der Waals surface area (Å²) in [4.78, 5) is 7.59. The molecule has 2 aliphatic carbocycles. The standard InChI is InChI=1S/C43H49ClN6O2/c1-51-40-24-31-14-17-38(30-11-4-3-5-12-30)50(39(31)26-41(40)52-2)19-9-7-13-34-27-49(48-47-34)18-8-6-10-28-20-29-22-32(21-28)42-37(23-29)46-36-25-33(44)15-16-35(36)43(42)45/h3-5,11-12,15-16,20,24-27,29,32,38H,6-10,13-14,17-19,21-23H2,1-2H3,(H2,45,46)/t29-,32-,38?/m1/s1. The normalized spacial score (nSPS) is 19.2. The molecular formula is C43H49ClN6O2. The van der Waals surface area contributed by atoms with E-state index in [9.17, 15) is 0 Å². The van der Waals surface area contributed by atoms with E-state index in [1.54, 1.807) is 19.8 Å². The summed E-state index contributed by atoms with van der Waals surface area (Å²) < 4.78 is 13.4. The number of ether oxygens (including phenoxy) is 2. The first-order chi connectivity index (χ1) is 25.5. The molecular weight excluding hydrogens is 668 g/mol. The van der Waals surface area contributed by atoms with Gasteiger partial charge in [0.2, 0.25) is 0 Å². The van der Waals surface area contributed by atoms with Gasteiger partial charge in [0.05, 0.1) is 31.5 Å². The summed E-state index contributed by atoms with van der Waals surface area (Å²) in [7, 11) is 3.42. The number of fused-ring (bicyclic) bond motifs is 6. The molecule has 9 heteroatoms. The SMILES string of the molecule is COc1cc2c(cc1OC)N(CCCCc1cn(CCCCC3=C[C@H]4Cc5nc6cc(Cl)ccc6c(N)c5[C@H](C3)C4)nn1)C(c1ccccc1)CC2. The summed E-state index contributed by atoms with van der Waals surface area (Å²) >= 11 is 6.26. The Kier molecular flexibility index (Phi) is 10.1. The van der Waals surface area contributed by atoms with Gasteiger partial charge in [0, 0.05) is 58.4 Å². The molecule has 3 heterocycles. The van der Waals surface area contributed by atoms with Crippen molar-refractivity contribution in [2.45, 2.75) is 89.1 Å². The summed E-state index contributed by atoms with van der Waals surface area (Å²) in [5, 5.41) is 10.8. The minimum absolute atomic E-state index is 0.336. The fourth-order valence-corrected chi connectivity index (χ4v) is 9.21. The van der Waals surface area contributed by atoms with E-state index in [1.807, 2.05) is 22.9 Å². The van der Waals surface area contributed by atoms with E-state index >= 15 is 0 Å². The van der Waals surface area contributed by atoms with E-state index in [0.717, 1.165) is 111 Å². The molecule has 1 unspecified atom stereocenters. The van der Waals surface area contributed by atoms with Crippen molar-refractivity contribution >= 4 is 33.9 Å². The number of halogens is 1. The predicted octanol–water partition coefficient (Wildman–Crippen LogP) is 9.44. The number of aromatic nitrogens is 4. The van der Waals surface area contributed by atoms with Gasteiger partial charge >= 0.3 is 0 Å². The average molecular weight is 717 g/mol. The fourth-order valence-electron chi connectivity index (χ4n) is 9.04. The number of aryl methyl sites for hydroxylation is 3. The summed E-state index contributed by atoms with van der Waals surface area (Å²) in [5.41, 5.74) is 17.6. The Morgan fingerprint density at radius 2 is 1.71 bits per heavy atom. The van der Waals surface area contributed by atoms with Crippen LogP contribution in [0.3, 0.4) is 0 Å². The first-order valence-corrected chi connectivity index (χ1v) is 19.4. The van der Waals surface area contributed by atoms with Gasteiger partial charge in [-0.05, 0) is 118 Å². The van der Waals surface area contributed by atoms with Crippen molar-refractivity contribution < 1.29 is 9.47 Å². The molecule has 1 aliphatic heterocycles. The molecule has 0 saturated heterocycles. The lowest BCUT2D eigenvalue weighted by molar-refractivity contribution is 0.353. The van der Waals surface area contributed by atoms with E-state index in [4.69, 9.17) is 31.8 Å². The molecule has 2 aromatic heterocycles. The van der Waals surface area contributed by atoms with Crippen LogP contribution < -0.4 is 20.1 Å². The summed E-state index contributed by atoms with van der Waals surface area (Å²) in [6.07, 6.45) is 16.4. The molecule has 0 spiro atoms. The van der Waals surface area contributed by atoms with Gasteiger partial charge in [0.25, 0.3) is 0 Å². The lowest BCUT2D eigenvalue weighted by Gasteiger charge is -2.40. The zero-order valence-corrected chi connectivity index (χ0v) is 31.1. The highest BCUT2D eigenvalue weighted by atomic mass is 35.5. The van der Waals surface area contributed by atoms with Crippen LogP contribution in [0.25, 0.3) is 10.9 Å². The molecule has 3 aromatic carbocycles. The van der Waals surface area contributed by atoms with Gasteiger partial charge in [-0.1, -0.05) is 58.8 Å². The molecule has 0 saturated carbocycles. The number of benzene rings is 3. The number of anilines is 2. The van der Waals surface area contributed by atoms with Gasteiger partial charge < -0.3 is 20.1 Å². The molecule has 2 bridgehead atoms. The largest absolute Gasteiger partial charge is 0.493 e. The van der Waals surface area contributed by atoms with Gasteiger partial charge in [0.15, 0.2) is 11.5 Å². The van der Waals surface area contributed by atoms with E-state index < -0.39 is 0 Å². The van der Waals surface area contributed by atoms with Gasteiger partial charge in [-0.2, -0.15) is 0 Å². The van der Waals surface area contributed by atoms with E-state index in [1.165, 1.54) is 34.5 Å². The molecule has 0 radical (unpaired) electrons. The van der Waals surface area contributed by atoms with Crippen LogP contribution >= 0.6 is 11.6 Å². The number of nitrogens with two attached hydrogens (primary N) is 1. The minimum atomic E-state index is 0.336. The number of nitrogen functional groups attached to an aromatic ring is 1. The highest BCUT2D eigenvalue weighted by Crippen LogP contribution is 2.48. The molecule has 8 rings (SSSR count). The zero-order valence-electron chi connectivity index (χ0n) is 30.4. The quantitative estimate of drug-likeness (QED) is 0.0959. The van der Waals surface area contributed by atoms with Crippen LogP contribution in [0, 0.1) is 5.92 Å². The Morgan fingerprint density at radius 1 is 0.904 bits per heavy atom. The average Bonchev–Trinajstić information content (AvgIpc) is 3.61. The zero-order chi connectivity index (χ0) is 35.6. The van der Waals surface area contributed by atoms with Gasteiger partial charge in [0.1, 0.15) is 0 Å². The summed E-state index contributed by atoms with van der Waals surface area (Å²) in [6, 6.07) is 21.4. The maximum Gasteiger partial charge on any atom is 0.162 e. The molecule has 0 fully saturated rings. The fraction of sp³-hybridized carbons (Fsp3) is 0.419. The maximum atomic E-state index is 6.77. The van der Waals surface area contributed by atoms with Gasteiger partial charge in [-0.3, -0.25) is 9.67 Å². The van der Waals surface area contributed by atoms with Crippen molar-refractivity contribution in [2.75, 3.05) is 31.4 Å². The number of unbranched alkanes of at least 4 members (excludes halogenated alkanes) is 2. The van der Waals surface area contributed by atoms with E-state index in [-0.39, 0.29) is 0 Å². The third-order valence-electron chi connectivity index (χ3n) is 11.5. The topological polar surface area (TPSA) is 91.3 Å². The highest BCUT2D eigenvalue weighted by Gasteiger charge is 2.34. The molecule has 5 aromatic rings. The Labute approximate surface area is 312 Å². The Balaban J connectivity index is 0.829. The van der Waals surface area contributed by atoms with Crippen LogP contribution in [-0.2, 0) is 25.8 Å². The number of allylic oxidation sites excluding steroid dienone is 2. The summed E-state index contributed by atoms with van der Waals surface area (Å²) in [6.45, 7) is 1.86. The minimum Gasteiger partial charge on any atom is -0.493 e. The number of methoxy groups -OCH3 is 2. The lowest BCUT2D eigenvalue weighted by atomic mass is 9.70. The second kappa shape index (κ2) is 15.2. The van der Waals surface area contributed by atoms with E-state index in [2.05, 4.69) is 69.9 Å². The number of nitrogens with zero attached hydrogens (tertiary/aromatic N) is 5. The number of hydrogen-bond acceptors (Lipinski definition) is 7. The molecule has 3 aliphatic rings. The Hall–Kier alpha value is -4.56. The molecule has 270 valence electrons. The van der Waals surface area contributed by atoms with Crippen LogP contribution in [0.5, 0.6) is 11.5 Å². The van der Waals surface area contributed by atoms with Crippen molar-refractivity contribution in [3.63, 3.8) is 0 Å². The Bertz CT molecular complexity index is 2080. The third kappa shape index (κ3) is 7.10. The van der Waals surface area contributed by atoms with Crippen LogP contribution in [0.15, 0.2) is 78.5 Å². The van der Waals surface area contributed by atoms with Crippen LogP contribution in [0.2, 0.25) is 5.02 Å². The number of pyridine rings is 1. The van der Waals surface area contributed by atoms with E-state index in [0.29, 0.717) is 22.9 Å². The number of hydrogen-bond donors (Lipinski definition) is 1. The molecule has 52 heavy (non-hydrogen) atoms. The summed E-state index contributed by atoms with van der Waals surface area (Å²) in [5.74, 6) is 2.58. The van der Waals surface area contributed by atoms with Crippen molar-refractivity contribution in [1.82, 2.24) is 20.0 Å². The molecule has 2 N–H and O–H groups in total. The van der Waals surface area contributed by atoms with Crippen molar-refractivity contribution in [1.29, 1.82) is 0 Å². The monoisotopic (exact) mass is 716 g/mol. The predicted molar refractivity (Wildman–Crippen MR) is 210 cm³/mol. The number of rotatable bonds is 13. The van der Waals surface area contributed by atoms with Crippen molar-refractivity contribution in [2.24, 2.45) is 5.92 Å². The van der Waals surface area contributed by atoms with Crippen LogP contribution in [0.4, 0.5) is 11.4 Å². The maximum absolute atomic E-state index is 6.77. The third-order valence-corrected chi connectivity index (χ3v) is 11.7. The van der Waals surface area contributed by atoms with Crippen LogP contribution in [-0.4, -0.2) is 40.7 Å². The molecule has 8 nitrogen and oxygen atoms in total. The molecule has 3 atom stereocenters. The highest BCUT2D eigenvalue weighted by molar-refractivity contribution is 6.31. The lowest BCUT2D eigenvalue weighted by Crippen LogP contribution is -2.34. The first kappa shape index (κ1) is 34.5. The van der Waals surface area contributed by atoms with Gasteiger partial charge in [-0.25, -0.2) is 0 Å². The second-order valence-electron chi connectivity index (χ2n) is 14.9. The van der Waals surface area contributed by atoms with Crippen molar-refractivity contribution in [3.8, 4) is 11.5 Å². The smallest absolute Gasteiger partial charge is 0.162 e. The van der Waals surface area contributed by atoms with Crippen molar-refractivity contribution in [3.05, 3.63) is 112 Å². The van der Waals surface area contributed by atoms with Gasteiger partial charge in [-0.15, -0.1) is 5.10 Å². The second-order valence-corrected chi connectivity index (χ2v) is 15.3.